The van der Waals surface area contributed by atoms with Crippen LogP contribution in [-0.2, 0) is 0 Å². The third-order valence-corrected chi connectivity index (χ3v) is 4.14. The molecular weight excluding hydrogens is 314 g/mol. The molecule has 2 rings (SSSR count). The number of halogens is 1. The second kappa shape index (κ2) is 6.10. The van der Waals surface area contributed by atoms with Crippen LogP contribution >= 0.6 is 15.9 Å². The number of nitrogens with zero attached hydrogens (tertiary/aromatic N) is 2. The Morgan fingerprint density at radius 1 is 1.05 bits per heavy atom. The Balaban J connectivity index is 2.36. The van der Waals surface area contributed by atoms with Crippen LogP contribution in [0.5, 0.6) is 0 Å². The highest BCUT2D eigenvalue weighted by Crippen LogP contribution is 2.29. The first-order valence-corrected chi connectivity index (χ1v) is 7.79. The van der Waals surface area contributed by atoms with Gasteiger partial charge in [-0.1, -0.05) is 38.1 Å². The van der Waals surface area contributed by atoms with E-state index in [0.717, 1.165) is 15.7 Å². The van der Waals surface area contributed by atoms with Gasteiger partial charge >= 0.3 is 0 Å². The topological polar surface area (TPSA) is 43.8 Å². The van der Waals surface area contributed by atoms with Crippen LogP contribution in [0.25, 0.3) is 0 Å². The average Bonchev–Trinajstić information content (AvgIpc) is 2.80. The summed E-state index contributed by atoms with van der Waals surface area (Å²) in [5.74, 6) is 0.535. The first kappa shape index (κ1) is 15.3. The lowest BCUT2D eigenvalue weighted by Crippen LogP contribution is -2.19. The molecule has 0 aliphatic heterocycles. The van der Waals surface area contributed by atoms with Gasteiger partial charge in [0.05, 0.1) is 22.4 Å². The summed E-state index contributed by atoms with van der Waals surface area (Å²) in [5.41, 5.74) is 9.90. The number of hydrogen-bond acceptors (Lipinski definition) is 2. The highest BCUT2D eigenvalue weighted by Gasteiger charge is 2.19. The van der Waals surface area contributed by atoms with Gasteiger partial charge in [-0.2, -0.15) is 5.10 Å². The fraction of sp³-hybridized carbons (Fsp3) is 0.438. The number of rotatable bonds is 4. The van der Waals surface area contributed by atoms with Crippen molar-refractivity contribution >= 4 is 15.9 Å². The maximum atomic E-state index is 6.44. The first-order valence-electron chi connectivity index (χ1n) is 7.00. The zero-order chi connectivity index (χ0) is 14.9. The molecule has 3 nitrogen and oxygen atoms in total. The lowest BCUT2D eigenvalue weighted by molar-refractivity contribution is 0.498. The minimum Gasteiger partial charge on any atom is -0.319 e. The minimum atomic E-state index is -0.171. The van der Waals surface area contributed by atoms with Crippen LogP contribution in [0.15, 0.2) is 34.9 Å². The van der Waals surface area contributed by atoms with Gasteiger partial charge in [0.1, 0.15) is 0 Å². The van der Waals surface area contributed by atoms with Crippen LogP contribution in [-0.4, -0.2) is 9.78 Å². The molecule has 2 aromatic rings. The lowest BCUT2D eigenvalue weighted by Gasteiger charge is -2.18. The summed E-state index contributed by atoms with van der Waals surface area (Å²) in [4.78, 5) is 0. The molecule has 2 N–H and O–H groups in total. The van der Waals surface area contributed by atoms with Gasteiger partial charge in [-0.15, -0.1) is 0 Å². The van der Waals surface area contributed by atoms with Crippen LogP contribution in [0.3, 0.4) is 0 Å². The molecule has 1 atom stereocenters. The van der Waals surface area contributed by atoms with E-state index in [1.807, 2.05) is 10.9 Å². The lowest BCUT2D eigenvalue weighted by atomic mass is 9.98. The number of hydrogen-bond donors (Lipinski definition) is 1. The average molecular weight is 336 g/mol. The summed E-state index contributed by atoms with van der Waals surface area (Å²) in [6, 6.07) is 8.66. The van der Waals surface area contributed by atoms with Crippen molar-refractivity contribution in [2.75, 3.05) is 0 Å². The van der Waals surface area contributed by atoms with Crippen LogP contribution in [0.1, 0.15) is 62.5 Å². The van der Waals surface area contributed by atoms with Gasteiger partial charge < -0.3 is 5.73 Å². The summed E-state index contributed by atoms with van der Waals surface area (Å²) in [6.45, 7) is 8.60. The Kier molecular flexibility index (Phi) is 4.66. The van der Waals surface area contributed by atoms with Gasteiger partial charge in [-0.25, -0.2) is 0 Å². The van der Waals surface area contributed by atoms with Crippen molar-refractivity contribution in [1.82, 2.24) is 9.78 Å². The van der Waals surface area contributed by atoms with Crippen LogP contribution < -0.4 is 5.73 Å². The van der Waals surface area contributed by atoms with E-state index in [1.165, 1.54) is 5.56 Å². The molecule has 1 aromatic carbocycles. The Labute approximate surface area is 129 Å². The van der Waals surface area contributed by atoms with Crippen molar-refractivity contribution in [1.29, 1.82) is 0 Å². The van der Waals surface area contributed by atoms with E-state index >= 15 is 0 Å². The van der Waals surface area contributed by atoms with Crippen LogP contribution in [0.2, 0.25) is 0 Å². The maximum Gasteiger partial charge on any atom is 0.0741 e. The van der Waals surface area contributed by atoms with E-state index < -0.39 is 0 Å². The predicted octanol–water partition coefficient (Wildman–Crippen LogP) is 4.40. The third kappa shape index (κ3) is 2.96. The number of benzene rings is 1. The van der Waals surface area contributed by atoms with Gasteiger partial charge in [0.25, 0.3) is 0 Å². The van der Waals surface area contributed by atoms with E-state index in [2.05, 4.69) is 73.0 Å². The van der Waals surface area contributed by atoms with E-state index in [9.17, 15) is 0 Å². The molecule has 1 aromatic heterocycles. The van der Waals surface area contributed by atoms with Crippen molar-refractivity contribution in [2.45, 2.75) is 45.7 Å². The van der Waals surface area contributed by atoms with Gasteiger partial charge in [0, 0.05) is 6.04 Å². The zero-order valence-electron chi connectivity index (χ0n) is 12.5. The Morgan fingerprint density at radius 2 is 1.60 bits per heavy atom. The van der Waals surface area contributed by atoms with E-state index in [4.69, 9.17) is 5.73 Å². The molecule has 0 radical (unpaired) electrons. The molecule has 0 saturated heterocycles. The van der Waals surface area contributed by atoms with Crippen LogP contribution in [0, 0.1) is 0 Å². The van der Waals surface area contributed by atoms with Crippen molar-refractivity contribution in [3.63, 3.8) is 0 Å². The summed E-state index contributed by atoms with van der Waals surface area (Å²) in [7, 11) is 0. The van der Waals surface area contributed by atoms with Crippen molar-refractivity contribution in [3.8, 4) is 0 Å². The smallest absolute Gasteiger partial charge is 0.0741 e. The molecule has 0 spiro atoms. The highest BCUT2D eigenvalue weighted by molar-refractivity contribution is 9.10. The Hall–Kier alpha value is -1.13. The Morgan fingerprint density at radius 3 is 2.10 bits per heavy atom. The maximum absolute atomic E-state index is 6.44. The second-order valence-electron chi connectivity index (χ2n) is 5.72. The zero-order valence-corrected chi connectivity index (χ0v) is 14.1. The highest BCUT2D eigenvalue weighted by atomic mass is 79.9. The molecule has 0 amide bonds. The number of nitrogens with two attached hydrogens (primary N) is 1. The van der Waals surface area contributed by atoms with E-state index in [0.29, 0.717) is 5.92 Å². The van der Waals surface area contributed by atoms with Crippen molar-refractivity contribution in [2.24, 2.45) is 5.73 Å². The molecule has 108 valence electrons. The molecule has 0 saturated carbocycles. The number of aromatic nitrogens is 2. The van der Waals surface area contributed by atoms with Crippen LogP contribution in [0.4, 0.5) is 0 Å². The molecule has 1 heterocycles. The molecule has 4 heteroatoms. The van der Waals surface area contributed by atoms with Crippen molar-refractivity contribution in [3.05, 3.63) is 51.8 Å². The third-order valence-electron chi connectivity index (χ3n) is 3.53. The summed E-state index contributed by atoms with van der Waals surface area (Å²) in [6.07, 6.45) is 1.82. The van der Waals surface area contributed by atoms with Gasteiger partial charge in [0.2, 0.25) is 0 Å². The first-order chi connectivity index (χ1) is 9.41. The molecule has 0 aliphatic rings. The molecular formula is C16H22BrN3. The summed E-state index contributed by atoms with van der Waals surface area (Å²) >= 11 is 3.56. The molecule has 20 heavy (non-hydrogen) atoms. The monoisotopic (exact) mass is 335 g/mol. The molecule has 0 fully saturated rings. The minimum absolute atomic E-state index is 0.171. The quantitative estimate of drug-likeness (QED) is 0.899. The fourth-order valence-electron chi connectivity index (χ4n) is 2.30. The van der Waals surface area contributed by atoms with E-state index in [1.54, 1.807) is 0 Å². The Bertz CT molecular complexity index is 570. The summed E-state index contributed by atoms with van der Waals surface area (Å²) in [5, 5.41) is 4.40. The largest absolute Gasteiger partial charge is 0.319 e. The van der Waals surface area contributed by atoms with E-state index in [-0.39, 0.29) is 12.1 Å². The normalized spacial score (nSPS) is 13.2. The summed E-state index contributed by atoms with van der Waals surface area (Å²) < 4.78 is 2.94. The molecule has 0 aliphatic carbocycles. The SMILES string of the molecule is CC(C)c1ccc(C(N)c2c(Br)cnn2C(C)C)cc1. The van der Waals surface area contributed by atoms with Crippen molar-refractivity contribution < 1.29 is 0 Å². The van der Waals surface area contributed by atoms with Gasteiger partial charge in [-0.05, 0) is 46.8 Å². The molecule has 0 bridgehead atoms. The predicted molar refractivity (Wildman–Crippen MR) is 86.9 cm³/mol. The fourth-order valence-corrected chi connectivity index (χ4v) is 2.82. The van der Waals surface area contributed by atoms with Gasteiger partial charge in [-0.3, -0.25) is 4.68 Å². The second-order valence-corrected chi connectivity index (χ2v) is 6.57. The van der Waals surface area contributed by atoms with Gasteiger partial charge in [0.15, 0.2) is 0 Å². The standard InChI is InChI=1S/C16H22BrN3/c1-10(2)12-5-7-13(8-6-12)15(18)16-14(17)9-19-20(16)11(3)4/h5-11,15H,18H2,1-4H3. The molecule has 1 unspecified atom stereocenters.